The van der Waals surface area contributed by atoms with Gasteiger partial charge in [-0.2, -0.15) is 0 Å². The van der Waals surface area contributed by atoms with E-state index in [1.54, 1.807) is 24.3 Å². The Morgan fingerprint density at radius 3 is 2.85 bits per heavy atom. The molecule has 0 bridgehead atoms. The number of hydrogen-bond acceptors (Lipinski definition) is 3. The van der Waals surface area contributed by atoms with Crippen molar-refractivity contribution in [2.75, 3.05) is 0 Å². The van der Waals surface area contributed by atoms with E-state index in [2.05, 4.69) is 17.2 Å². The van der Waals surface area contributed by atoms with Gasteiger partial charge in [-0.3, -0.25) is 4.79 Å². The third kappa shape index (κ3) is 3.22. The molecule has 0 spiro atoms. The first kappa shape index (κ1) is 14.7. The monoisotopic (exact) mass is 292 g/mol. The average Bonchev–Trinajstić information content (AvgIpc) is 2.87. The van der Waals surface area contributed by atoms with Crippen LogP contribution in [0.5, 0.6) is 0 Å². The second-order valence-electron chi connectivity index (χ2n) is 4.70. The number of aryl methyl sites for hydroxylation is 2. The number of amides is 1. The first-order valence-corrected chi connectivity index (χ1v) is 7.34. The van der Waals surface area contributed by atoms with Crippen molar-refractivity contribution in [3.63, 3.8) is 0 Å². The smallest absolute Gasteiger partial charge is 0.254 e. The molecule has 0 saturated heterocycles. The molecule has 0 aliphatic heterocycles. The van der Waals surface area contributed by atoms with Crippen LogP contribution >= 0.6 is 11.3 Å². The average molecular weight is 292 g/mol. The third-order valence-corrected chi connectivity index (χ3v) is 4.33. The fraction of sp³-hybridized carbons (Fsp3) is 0.333. The van der Waals surface area contributed by atoms with Crippen molar-refractivity contribution < 1.29 is 9.18 Å². The lowest BCUT2D eigenvalue weighted by atomic mass is 10.1. The Morgan fingerprint density at radius 1 is 1.50 bits per heavy atom. The minimum absolute atomic E-state index is 0.0646. The number of aromatic nitrogens is 1. The van der Waals surface area contributed by atoms with Gasteiger partial charge in [0.15, 0.2) is 0 Å². The summed E-state index contributed by atoms with van der Waals surface area (Å²) in [6.45, 7) is 5.69. The molecular weight excluding hydrogens is 275 g/mol. The molecule has 1 aromatic heterocycles. The van der Waals surface area contributed by atoms with E-state index >= 15 is 0 Å². The number of nitrogens with one attached hydrogen (secondary N) is 1. The van der Waals surface area contributed by atoms with Crippen LogP contribution in [0, 0.1) is 12.7 Å². The third-order valence-electron chi connectivity index (χ3n) is 3.01. The molecule has 1 unspecified atom stereocenters. The molecule has 3 nitrogen and oxygen atoms in total. The van der Waals surface area contributed by atoms with Crippen LogP contribution < -0.4 is 5.32 Å². The SMILES string of the molecule is CCc1cnc(C(C)NC(=O)c2ccc(C)cc2F)s1. The summed E-state index contributed by atoms with van der Waals surface area (Å²) in [6, 6.07) is 4.36. The zero-order valence-electron chi connectivity index (χ0n) is 11.7. The fourth-order valence-corrected chi connectivity index (χ4v) is 2.69. The summed E-state index contributed by atoms with van der Waals surface area (Å²) in [7, 11) is 0. The number of benzene rings is 1. The van der Waals surface area contributed by atoms with Gasteiger partial charge in [-0.25, -0.2) is 9.37 Å². The maximum Gasteiger partial charge on any atom is 0.254 e. The summed E-state index contributed by atoms with van der Waals surface area (Å²) in [5.74, 6) is -0.911. The number of hydrogen-bond donors (Lipinski definition) is 1. The molecule has 20 heavy (non-hydrogen) atoms. The highest BCUT2D eigenvalue weighted by atomic mass is 32.1. The van der Waals surface area contributed by atoms with Crippen molar-refractivity contribution in [2.45, 2.75) is 33.2 Å². The van der Waals surface area contributed by atoms with Crippen molar-refractivity contribution in [1.82, 2.24) is 10.3 Å². The maximum absolute atomic E-state index is 13.7. The summed E-state index contributed by atoms with van der Waals surface area (Å²) in [5, 5.41) is 3.62. The van der Waals surface area contributed by atoms with Gasteiger partial charge in [0.1, 0.15) is 10.8 Å². The summed E-state index contributed by atoms with van der Waals surface area (Å²) >= 11 is 1.57. The van der Waals surface area contributed by atoms with Crippen LogP contribution in [0.1, 0.15) is 45.7 Å². The molecule has 2 aromatic rings. The van der Waals surface area contributed by atoms with Crippen molar-refractivity contribution in [1.29, 1.82) is 0 Å². The molecule has 5 heteroatoms. The van der Waals surface area contributed by atoms with E-state index in [1.165, 1.54) is 17.0 Å². The van der Waals surface area contributed by atoms with E-state index in [9.17, 15) is 9.18 Å². The molecule has 2 rings (SSSR count). The molecule has 0 aliphatic rings. The van der Waals surface area contributed by atoms with Crippen LogP contribution in [0.3, 0.4) is 0 Å². The maximum atomic E-state index is 13.7. The summed E-state index contributed by atoms with van der Waals surface area (Å²) in [5.41, 5.74) is 0.856. The molecule has 106 valence electrons. The highest BCUT2D eigenvalue weighted by molar-refractivity contribution is 7.11. The lowest BCUT2D eigenvalue weighted by molar-refractivity contribution is 0.0936. The molecule has 1 atom stereocenters. The quantitative estimate of drug-likeness (QED) is 0.934. The van der Waals surface area contributed by atoms with Crippen molar-refractivity contribution in [3.05, 3.63) is 51.2 Å². The molecule has 0 radical (unpaired) electrons. The van der Waals surface area contributed by atoms with E-state index in [4.69, 9.17) is 0 Å². The largest absolute Gasteiger partial charge is 0.343 e. The topological polar surface area (TPSA) is 42.0 Å². The molecule has 1 amide bonds. The zero-order chi connectivity index (χ0) is 14.7. The number of halogens is 1. The molecule has 0 saturated carbocycles. The molecule has 0 aliphatic carbocycles. The molecule has 1 aromatic carbocycles. The van der Waals surface area contributed by atoms with Gasteiger partial charge in [-0.15, -0.1) is 11.3 Å². The second kappa shape index (κ2) is 6.13. The van der Waals surface area contributed by atoms with Gasteiger partial charge in [-0.05, 0) is 38.0 Å². The van der Waals surface area contributed by atoms with Crippen LogP contribution in [-0.2, 0) is 6.42 Å². The first-order chi connectivity index (χ1) is 9.51. The minimum atomic E-state index is -0.497. The van der Waals surface area contributed by atoms with Gasteiger partial charge in [0.05, 0.1) is 11.6 Å². The summed E-state index contributed by atoms with van der Waals surface area (Å²) in [4.78, 5) is 17.5. The van der Waals surface area contributed by atoms with E-state index in [-0.39, 0.29) is 11.6 Å². The van der Waals surface area contributed by atoms with Gasteiger partial charge >= 0.3 is 0 Å². The van der Waals surface area contributed by atoms with E-state index in [0.29, 0.717) is 0 Å². The van der Waals surface area contributed by atoms with Crippen molar-refractivity contribution in [2.24, 2.45) is 0 Å². The normalized spacial score (nSPS) is 12.2. The number of carbonyl (C=O) groups excluding carboxylic acids is 1. The van der Waals surface area contributed by atoms with Gasteiger partial charge in [0.2, 0.25) is 0 Å². The Balaban J connectivity index is 2.10. The highest BCUT2D eigenvalue weighted by Crippen LogP contribution is 2.21. The lowest BCUT2D eigenvalue weighted by Crippen LogP contribution is -2.27. The molecule has 1 N–H and O–H groups in total. The Morgan fingerprint density at radius 2 is 2.25 bits per heavy atom. The van der Waals surface area contributed by atoms with Crippen LogP contribution in [-0.4, -0.2) is 10.9 Å². The predicted octanol–water partition coefficient (Wildman–Crippen LogP) is 3.64. The van der Waals surface area contributed by atoms with Gasteiger partial charge in [0.25, 0.3) is 5.91 Å². The van der Waals surface area contributed by atoms with Crippen molar-refractivity contribution in [3.8, 4) is 0 Å². The Labute approximate surface area is 121 Å². The van der Waals surface area contributed by atoms with Gasteiger partial charge < -0.3 is 5.32 Å². The second-order valence-corrected chi connectivity index (χ2v) is 5.84. The molecule has 0 fully saturated rings. The molecular formula is C15H17FN2OS. The Hall–Kier alpha value is -1.75. The molecule has 1 heterocycles. The van der Waals surface area contributed by atoms with Gasteiger partial charge in [0, 0.05) is 11.1 Å². The number of carbonyl (C=O) groups is 1. The summed E-state index contributed by atoms with van der Waals surface area (Å²) < 4.78 is 13.7. The number of thiazole rings is 1. The van der Waals surface area contributed by atoms with E-state index in [0.717, 1.165) is 17.0 Å². The lowest BCUT2D eigenvalue weighted by Gasteiger charge is -2.12. The zero-order valence-corrected chi connectivity index (χ0v) is 12.6. The number of nitrogens with zero attached hydrogens (tertiary/aromatic N) is 1. The van der Waals surface area contributed by atoms with E-state index in [1.807, 2.05) is 13.1 Å². The predicted molar refractivity (Wildman–Crippen MR) is 78.5 cm³/mol. The highest BCUT2D eigenvalue weighted by Gasteiger charge is 2.17. The number of rotatable bonds is 4. The van der Waals surface area contributed by atoms with Crippen LogP contribution in [0.4, 0.5) is 4.39 Å². The van der Waals surface area contributed by atoms with Crippen LogP contribution in [0.25, 0.3) is 0 Å². The summed E-state index contributed by atoms with van der Waals surface area (Å²) in [6.07, 6.45) is 2.74. The Bertz CT molecular complexity index is 624. The van der Waals surface area contributed by atoms with Gasteiger partial charge in [-0.1, -0.05) is 13.0 Å². The minimum Gasteiger partial charge on any atom is -0.343 e. The Kier molecular flexibility index (Phi) is 4.49. The van der Waals surface area contributed by atoms with Crippen molar-refractivity contribution >= 4 is 17.2 Å². The standard InChI is InChI=1S/C15H17FN2OS/c1-4-11-8-17-15(20-11)10(3)18-14(19)12-6-5-9(2)7-13(12)16/h5-8,10H,4H2,1-3H3,(H,18,19). The first-order valence-electron chi connectivity index (χ1n) is 6.53. The van der Waals surface area contributed by atoms with Crippen LogP contribution in [0.2, 0.25) is 0 Å². The van der Waals surface area contributed by atoms with Crippen LogP contribution in [0.15, 0.2) is 24.4 Å². The van der Waals surface area contributed by atoms with E-state index < -0.39 is 11.7 Å². The fourth-order valence-electron chi connectivity index (χ4n) is 1.83.